The topological polar surface area (TPSA) is 64.7 Å². The van der Waals surface area contributed by atoms with Gasteiger partial charge in [-0.1, -0.05) is 30.3 Å². The molecule has 2 heterocycles. The summed E-state index contributed by atoms with van der Waals surface area (Å²) in [5.41, 5.74) is 7.13. The van der Waals surface area contributed by atoms with Crippen molar-refractivity contribution in [1.29, 1.82) is 0 Å². The van der Waals surface area contributed by atoms with E-state index in [1.165, 1.54) is 18.4 Å². The molecule has 4 rings (SSSR count). The number of nitrogens with zero attached hydrogens (tertiary/aromatic N) is 2. The SMILES string of the molecule is O=C1CC(N2CCN(C(=O)CC3CC3)CC2)C(c2ccccc2)NN1. The molecule has 1 aromatic rings. The third kappa shape index (κ3) is 3.85. The van der Waals surface area contributed by atoms with Crippen molar-refractivity contribution in [2.24, 2.45) is 5.92 Å². The molecule has 2 saturated heterocycles. The first kappa shape index (κ1) is 16.5. The molecule has 1 saturated carbocycles. The van der Waals surface area contributed by atoms with Crippen LogP contribution in [0.3, 0.4) is 0 Å². The molecule has 2 aliphatic heterocycles. The molecule has 0 aromatic heterocycles. The van der Waals surface area contributed by atoms with Gasteiger partial charge in [-0.3, -0.25) is 19.9 Å². The minimum absolute atomic E-state index is 0.0319. The first-order valence-electron chi connectivity index (χ1n) is 9.32. The molecular formula is C19H26N4O2. The maximum atomic E-state index is 12.3. The molecule has 2 unspecified atom stereocenters. The molecule has 2 N–H and O–H groups in total. The molecule has 25 heavy (non-hydrogen) atoms. The summed E-state index contributed by atoms with van der Waals surface area (Å²) in [7, 11) is 0. The summed E-state index contributed by atoms with van der Waals surface area (Å²) in [6.07, 6.45) is 3.64. The number of hydrogen-bond acceptors (Lipinski definition) is 4. The van der Waals surface area contributed by atoms with Crippen LogP contribution in [-0.2, 0) is 9.59 Å². The van der Waals surface area contributed by atoms with E-state index in [2.05, 4.69) is 27.9 Å². The van der Waals surface area contributed by atoms with E-state index in [4.69, 9.17) is 0 Å². The number of nitrogens with one attached hydrogen (secondary N) is 2. The second kappa shape index (κ2) is 7.14. The van der Waals surface area contributed by atoms with Crippen LogP contribution in [0.25, 0.3) is 0 Å². The number of benzene rings is 1. The van der Waals surface area contributed by atoms with E-state index < -0.39 is 0 Å². The fraction of sp³-hybridized carbons (Fsp3) is 0.579. The number of hydrogen-bond donors (Lipinski definition) is 2. The van der Waals surface area contributed by atoms with Crippen LogP contribution in [0.15, 0.2) is 30.3 Å². The Kier molecular flexibility index (Phi) is 4.72. The number of rotatable bonds is 4. The molecule has 6 nitrogen and oxygen atoms in total. The lowest BCUT2D eigenvalue weighted by atomic mass is 9.93. The van der Waals surface area contributed by atoms with Gasteiger partial charge in [0.1, 0.15) is 0 Å². The van der Waals surface area contributed by atoms with Crippen LogP contribution in [0.2, 0.25) is 0 Å². The lowest BCUT2D eigenvalue weighted by Crippen LogP contribution is -2.60. The van der Waals surface area contributed by atoms with Crippen molar-refractivity contribution in [2.75, 3.05) is 26.2 Å². The van der Waals surface area contributed by atoms with Crippen LogP contribution in [0, 0.1) is 5.92 Å². The fourth-order valence-electron chi connectivity index (χ4n) is 3.92. The fourth-order valence-corrected chi connectivity index (χ4v) is 3.92. The predicted molar refractivity (Wildman–Crippen MR) is 94.4 cm³/mol. The van der Waals surface area contributed by atoms with E-state index in [9.17, 15) is 9.59 Å². The van der Waals surface area contributed by atoms with Gasteiger partial charge in [-0.05, 0) is 24.3 Å². The van der Waals surface area contributed by atoms with Crippen molar-refractivity contribution in [1.82, 2.24) is 20.7 Å². The van der Waals surface area contributed by atoms with E-state index in [1.54, 1.807) is 0 Å². The molecule has 2 amide bonds. The zero-order chi connectivity index (χ0) is 17.2. The zero-order valence-electron chi connectivity index (χ0n) is 14.5. The Morgan fingerprint density at radius 3 is 2.48 bits per heavy atom. The molecule has 2 atom stereocenters. The third-order valence-corrected chi connectivity index (χ3v) is 5.60. The summed E-state index contributed by atoms with van der Waals surface area (Å²) in [6.45, 7) is 3.20. The highest BCUT2D eigenvalue weighted by Crippen LogP contribution is 2.33. The van der Waals surface area contributed by atoms with Crippen molar-refractivity contribution in [3.8, 4) is 0 Å². The Balaban J connectivity index is 1.40. The minimum atomic E-state index is 0.0319. The molecule has 1 aromatic carbocycles. The lowest BCUT2D eigenvalue weighted by molar-refractivity contribution is -0.135. The quantitative estimate of drug-likeness (QED) is 0.859. The van der Waals surface area contributed by atoms with Crippen LogP contribution >= 0.6 is 0 Å². The average molecular weight is 342 g/mol. The van der Waals surface area contributed by atoms with Crippen molar-refractivity contribution < 1.29 is 9.59 Å². The number of carbonyl (C=O) groups is 2. The van der Waals surface area contributed by atoms with Gasteiger partial charge in [-0.25, -0.2) is 5.43 Å². The Morgan fingerprint density at radius 1 is 1.08 bits per heavy atom. The summed E-state index contributed by atoms with van der Waals surface area (Å²) >= 11 is 0. The Labute approximate surface area is 148 Å². The van der Waals surface area contributed by atoms with E-state index in [1.807, 2.05) is 23.1 Å². The Bertz CT molecular complexity index is 624. The van der Waals surface area contributed by atoms with Crippen LogP contribution in [0.4, 0.5) is 0 Å². The molecule has 6 heteroatoms. The van der Waals surface area contributed by atoms with Gasteiger partial charge >= 0.3 is 0 Å². The first-order valence-corrected chi connectivity index (χ1v) is 9.32. The highest BCUT2D eigenvalue weighted by atomic mass is 16.2. The largest absolute Gasteiger partial charge is 0.340 e. The zero-order valence-corrected chi connectivity index (χ0v) is 14.5. The molecule has 3 aliphatic rings. The van der Waals surface area contributed by atoms with Crippen molar-refractivity contribution in [3.05, 3.63) is 35.9 Å². The number of piperazine rings is 1. The maximum Gasteiger partial charge on any atom is 0.235 e. The van der Waals surface area contributed by atoms with Gasteiger partial charge in [-0.15, -0.1) is 0 Å². The normalized spacial score (nSPS) is 27.8. The van der Waals surface area contributed by atoms with Crippen molar-refractivity contribution in [2.45, 2.75) is 37.8 Å². The molecular weight excluding hydrogens is 316 g/mol. The highest BCUT2D eigenvalue weighted by Gasteiger charge is 2.37. The molecule has 1 aliphatic carbocycles. The van der Waals surface area contributed by atoms with Crippen molar-refractivity contribution >= 4 is 11.8 Å². The summed E-state index contributed by atoms with van der Waals surface area (Å²) in [4.78, 5) is 28.6. The van der Waals surface area contributed by atoms with E-state index in [0.29, 0.717) is 18.2 Å². The third-order valence-electron chi connectivity index (χ3n) is 5.60. The first-order chi connectivity index (χ1) is 12.2. The smallest absolute Gasteiger partial charge is 0.235 e. The minimum Gasteiger partial charge on any atom is -0.340 e. The number of hydrazine groups is 1. The molecule has 0 bridgehead atoms. The highest BCUT2D eigenvalue weighted by molar-refractivity contribution is 5.77. The molecule has 0 spiro atoms. The second-order valence-electron chi connectivity index (χ2n) is 7.42. The molecule has 134 valence electrons. The van der Waals surface area contributed by atoms with Gasteiger partial charge in [0, 0.05) is 45.1 Å². The summed E-state index contributed by atoms with van der Waals surface area (Å²) < 4.78 is 0. The van der Waals surface area contributed by atoms with Crippen LogP contribution in [0.5, 0.6) is 0 Å². The summed E-state index contributed by atoms with van der Waals surface area (Å²) in [6, 6.07) is 10.4. The van der Waals surface area contributed by atoms with Gasteiger partial charge in [-0.2, -0.15) is 0 Å². The maximum absolute atomic E-state index is 12.3. The van der Waals surface area contributed by atoms with E-state index in [-0.39, 0.29) is 18.0 Å². The van der Waals surface area contributed by atoms with Gasteiger partial charge in [0.05, 0.1) is 6.04 Å². The molecule has 3 fully saturated rings. The van der Waals surface area contributed by atoms with Crippen LogP contribution in [-0.4, -0.2) is 53.8 Å². The Hall–Kier alpha value is -1.92. The van der Waals surface area contributed by atoms with Gasteiger partial charge in [0.25, 0.3) is 0 Å². The number of carbonyl (C=O) groups excluding carboxylic acids is 2. The summed E-state index contributed by atoms with van der Waals surface area (Å²) in [5.74, 6) is 0.977. The predicted octanol–water partition coefficient (Wildman–Crippen LogP) is 1.07. The lowest BCUT2D eigenvalue weighted by Gasteiger charge is -2.44. The van der Waals surface area contributed by atoms with Gasteiger partial charge < -0.3 is 4.90 Å². The van der Waals surface area contributed by atoms with Crippen LogP contribution in [0.1, 0.15) is 37.3 Å². The molecule has 0 radical (unpaired) electrons. The Morgan fingerprint density at radius 2 is 1.80 bits per heavy atom. The van der Waals surface area contributed by atoms with Crippen molar-refractivity contribution in [3.63, 3.8) is 0 Å². The monoisotopic (exact) mass is 342 g/mol. The van der Waals surface area contributed by atoms with Crippen LogP contribution < -0.4 is 10.9 Å². The average Bonchev–Trinajstić information content (AvgIpc) is 3.46. The second-order valence-corrected chi connectivity index (χ2v) is 7.42. The van der Waals surface area contributed by atoms with E-state index >= 15 is 0 Å². The van der Waals surface area contributed by atoms with Gasteiger partial charge in [0.15, 0.2) is 0 Å². The summed E-state index contributed by atoms with van der Waals surface area (Å²) in [5, 5.41) is 0. The van der Waals surface area contributed by atoms with Gasteiger partial charge in [0.2, 0.25) is 11.8 Å². The standard InChI is InChI=1S/C19H26N4O2/c24-17-13-16(19(21-20-17)15-4-2-1-3-5-15)22-8-10-23(11-9-22)18(25)12-14-6-7-14/h1-5,14,16,19,21H,6-13H2,(H,20,24). The number of amides is 2. The van der Waals surface area contributed by atoms with E-state index in [0.717, 1.165) is 32.6 Å².